The fourth-order valence-electron chi connectivity index (χ4n) is 1.21. The molecule has 1 heterocycles. The Morgan fingerprint density at radius 3 is 2.75 bits per heavy atom. The third-order valence-electron chi connectivity index (χ3n) is 2.00. The Labute approximate surface area is 92.6 Å². The van der Waals surface area contributed by atoms with Crippen molar-refractivity contribution < 1.29 is 9.47 Å². The predicted octanol–water partition coefficient (Wildman–Crippen LogP) is 1.20. The Hall–Kier alpha value is -2.24. The monoisotopic (exact) mass is 220 g/mol. The van der Waals surface area contributed by atoms with Crippen molar-refractivity contribution >= 4 is 5.69 Å². The van der Waals surface area contributed by atoms with Crippen molar-refractivity contribution in [1.82, 2.24) is 14.8 Å². The lowest BCUT2D eigenvalue weighted by Crippen LogP contribution is -1.95. The van der Waals surface area contributed by atoms with E-state index < -0.39 is 0 Å². The van der Waals surface area contributed by atoms with Crippen molar-refractivity contribution in [3.05, 3.63) is 24.5 Å². The molecule has 0 spiro atoms. The Morgan fingerprint density at radius 2 is 2.19 bits per heavy atom. The fourth-order valence-corrected chi connectivity index (χ4v) is 1.21. The Bertz CT molecular complexity index is 495. The highest BCUT2D eigenvalue weighted by atomic mass is 16.5. The van der Waals surface area contributed by atoms with Gasteiger partial charge in [0.15, 0.2) is 5.75 Å². The summed E-state index contributed by atoms with van der Waals surface area (Å²) in [6.45, 7) is 0. The minimum Gasteiger partial charge on any atom is -0.497 e. The van der Waals surface area contributed by atoms with Gasteiger partial charge in [0, 0.05) is 13.1 Å². The van der Waals surface area contributed by atoms with Gasteiger partial charge in [-0.3, -0.25) is 4.68 Å². The van der Waals surface area contributed by atoms with Crippen LogP contribution in [0.25, 0.3) is 0 Å². The number of ether oxygens (including phenoxy) is 2. The number of benzene rings is 1. The van der Waals surface area contributed by atoms with Crippen LogP contribution in [0.5, 0.6) is 17.5 Å². The first-order valence-corrected chi connectivity index (χ1v) is 4.66. The van der Waals surface area contributed by atoms with Crippen molar-refractivity contribution in [2.24, 2.45) is 7.05 Å². The van der Waals surface area contributed by atoms with Crippen LogP contribution in [0.3, 0.4) is 0 Å². The van der Waals surface area contributed by atoms with Crippen molar-refractivity contribution in [1.29, 1.82) is 0 Å². The largest absolute Gasteiger partial charge is 0.497 e. The standard InChI is InChI=1S/C10H12N4O2/c1-14-6-12-10(13-14)16-9-4-3-7(15-2)5-8(9)11/h3-6H,11H2,1-2H3. The van der Waals surface area contributed by atoms with Crippen LogP contribution in [0.15, 0.2) is 24.5 Å². The molecule has 0 radical (unpaired) electrons. The SMILES string of the molecule is COc1ccc(Oc2ncn(C)n2)c(N)c1. The molecule has 1 aromatic heterocycles. The van der Waals surface area contributed by atoms with Crippen LogP contribution in [0, 0.1) is 0 Å². The van der Waals surface area contributed by atoms with E-state index in [9.17, 15) is 0 Å². The van der Waals surface area contributed by atoms with E-state index in [1.165, 1.54) is 0 Å². The van der Waals surface area contributed by atoms with Gasteiger partial charge in [-0.1, -0.05) is 0 Å². The minimum atomic E-state index is 0.263. The van der Waals surface area contributed by atoms with Gasteiger partial charge < -0.3 is 15.2 Å². The van der Waals surface area contributed by atoms with Crippen LogP contribution in [0.2, 0.25) is 0 Å². The van der Waals surface area contributed by atoms with Crippen LogP contribution >= 0.6 is 0 Å². The number of nitrogens with two attached hydrogens (primary N) is 1. The van der Waals surface area contributed by atoms with Gasteiger partial charge in [0.2, 0.25) is 0 Å². The summed E-state index contributed by atoms with van der Waals surface area (Å²) in [5.41, 5.74) is 6.26. The van der Waals surface area contributed by atoms with E-state index in [2.05, 4.69) is 10.1 Å². The third kappa shape index (κ3) is 2.05. The number of methoxy groups -OCH3 is 1. The molecule has 0 fully saturated rings. The second-order valence-electron chi connectivity index (χ2n) is 3.21. The Morgan fingerprint density at radius 1 is 1.38 bits per heavy atom. The minimum absolute atomic E-state index is 0.263. The summed E-state index contributed by atoms with van der Waals surface area (Å²) in [7, 11) is 3.34. The zero-order valence-corrected chi connectivity index (χ0v) is 9.04. The summed E-state index contributed by atoms with van der Waals surface area (Å²) in [4.78, 5) is 3.94. The van der Waals surface area contributed by atoms with E-state index in [0.717, 1.165) is 0 Å². The lowest BCUT2D eigenvalue weighted by Gasteiger charge is -2.06. The van der Waals surface area contributed by atoms with E-state index >= 15 is 0 Å². The molecule has 2 rings (SSSR count). The van der Waals surface area contributed by atoms with E-state index in [-0.39, 0.29) is 6.01 Å². The van der Waals surface area contributed by atoms with Crippen LogP contribution in [-0.4, -0.2) is 21.9 Å². The molecular weight excluding hydrogens is 208 g/mol. The third-order valence-corrected chi connectivity index (χ3v) is 2.00. The second-order valence-corrected chi connectivity index (χ2v) is 3.21. The summed E-state index contributed by atoms with van der Waals surface area (Å²) < 4.78 is 12.0. The summed E-state index contributed by atoms with van der Waals surface area (Å²) >= 11 is 0. The maximum atomic E-state index is 5.78. The molecule has 1 aromatic carbocycles. The molecule has 16 heavy (non-hydrogen) atoms. The molecule has 6 heteroatoms. The number of hydrogen-bond acceptors (Lipinski definition) is 5. The molecule has 0 amide bonds. The molecule has 0 unspecified atom stereocenters. The van der Waals surface area contributed by atoms with E-state index in [1.807, 2.05) is 0 Å². The zero-order chi connectivity index (χ0) is 11.5. The average Bonchev–Trinajstić information content (AvgIpc) is 2.67. The molecule has 6 nitrogen and oxygen atoms in total. The highest BCUT2D eigenvalue weighted by Crippen LogP contribution is 2.28. The molecule has 2 aromatic rings. The lowest BCUT2D eigenvalue weighted by atomic mass is 10.3. The first-order valence-electron chi connectivity index (χ1n) is 4.66. The van der Waals surface area contributed by atoms with Gasteiger partial charge in [0.05, 0.1) is 12.8 Å². The van der Waals surface area contributed by atoms with Gasteiger partial charge in [-0.2, -0.15) is 4.98 Å². The number of nitrogens with zero attached hydrogens (tertiary/aromatic N) is 3. The lowest BCUT2D eigenvalue weighted by molar-refractivity contribution is 0.411. The summed E-state index contributed by atoms with van der Waals surface area (Å²) in [5.74, 6) is 1.19. The molecule has 0 aliphatic heterocycles. The summed E-state index contributed by atoms with van der Waals surface area (Å²) in [6.07, 6.45) is 1.55. The second kappa shape index (κ2) is 4.09. The van der Waals surface area contributed by atoms with Crippen LogP contribution < -0.4 is 15.2 Å². The first-order chi connectivity index (χ1) is 7.69. The number of aromatic nitrogens is 3. The summed E-state index contributed by atoms with van der Waals surface area (Å²) in [6, 6.07) is 5.41. The highest BCUT2D eigenvalue weighted by molar-refractivity contribution is 5.56. The topological polar surface area (TPSA) is 75.2 Å². The van der Waals surface area contributed by atoms with Crippen molar-refractivity contribution in [3.63, 3.8) is 0 Å². The number of nitrogen functional groups attached to an aromatic ring is 1. The molecule has 0 aliphatic carbocycles. The maximum absolute atomic E-state index is 5.78. The molecule has 0 atom stereocenters. The number of anilines is 1. The number of hydrogen-bond donors (Lipinski definition) is 1. The van der Waals surface area contributed by atoms with Gasteiger partial charge in [0.1, 0.15) is 12.1 Å². The highest BCUT2D eigenvalue weighted by Gasteiger charge is 2.06. The molecule has 84 valence electrons. The molecule has 0 saturated heterocycles. The van der Waals surface area contributed by atoms with Gasteiger partial charge >= 0.3 is 6.01 Å². The molecular formula is C10H12N4O2. The fraction of sp³-hybridized carbons (Fsp3) is 0.200. The van der Waals surface area contributed by atoms with Gasteiger partial charge in [-0.25, -0.2) is 0 Å². The maximum Gasteiger partial charge on any atom is 0.341 e. The zero-order valence-electron chi connectivity index (χ0n) is 9.04. The number of aryl methyl sites for hydroxylation is 1. The van der Waals surface area contributed by atoms with Gasteiger partial charge in [0.25, 0.3) is 0 Å². The van der Waals surface area contributed by atoms with Crippen molar-refractivity contribution in [3.8, 4) is 17.5 Å². The van der Waals surface area contributed by atoms with Crippen LogP contribution in [-0.2, 0) is 7.05 Å². The molecule has 0 saturated carbocycles. The van der Waals surface area contributed by atoms with E-state index in [4.69, 9.17) is 15.2 Å². The predicted molar refractivity (Wildman–Crippen MR) is 58.5 cm³/mol. The quantitative estimate of drug-likeness (QED) is 0.786. The first kappa shape index (κ1) is 10.3. The van der Waals surface area contributed by atoms with Crippen molar-refractivity contribution in [2.45, 2.75) is 0 Å². The van der Waals surface area contributed by atoms with E-state index in [0.29, 0.717) is 17.2 Å². The Kier molecular flexibility index (Phi) is 2.63. The number of rotatable bonds is 3. The normalized spacial score (nSPS) is 10.1. The summed E-state index contributed by atoms with van der Waals surface area (Å²) in [5, 5.41) is 3.99. The van der Waals surface area contributed by atoms with E-state index in [1.54, 1.807) is 43.4 Å². The Balaban J connectivity index is 2.21. The van der Waals surface area contributed by atoms with Gasteiger partial charge in [-0.05, 0) is 12.1 Å². The smallest absolute Gasteiger partial charge is 0.341 e. The average molecular weight is 220 g/mol. The van der Waals surface area contributed by atoms with Crippen molar-refractivity contribution in [2.75, 3.05) is 12.8 Å². The van der Waals surface area contributed by atoms with Crippen LogP contribution in [0.1, 0.15) is 0 Å². The molecule has 0 aliphatic rings. The molecule has 0 bridgehead atoms. The van der Waals surface area contributed by atoms with Gasteiger partial charge in [-0.15, -0.1) is 5.10 Å². The van der Waals surface area contributed by atoms with Crippen LogP contribution in [0.4, 0.5) is 5.69 Å². The molecule has 2 N–H and O–H groups in total.